The quantitative estimate of drug-likeness (QED) is 0.498. The summed E-state index contributed by atoms with van der Waals surface area (Å²) in [7, 11) is 0. The van der Waals surface area contributed by atoms with E-state index in [0.29, 0.717) is 5.56 Å². The van der Waals surface area contributed by atoms with E-state index < -0.39 is 5.91 Å². The first-order chi connectivity index (χ1) is 14.0. The second-order valence-corrected chi connectivity index (χ2v) is 6.83. The summed E-state index contributed by atoms with van der Waals surface area (Å²) in [5.41, 5.74) is 2.15. The molecule has 0 aliphatic heterocycles. The summed E-state index contributed by atoms with van der Waals surface area (Å²) in [6.45, 7) is 0.273. The molecule has 0 saturated carbocycles. The van der Waals surface area contributed by atoms with Crippen molar-refractivity contribution >= 4 is 29.1 Å². The monoisotopic (exact) mass is 429 g/mol. The van der Waals surface area contributed by atoms with Gasteiger partial charge in [-0.05, 0) is 35.9 Å². The van der Waals surface area contributed by atoms with Crippen LogP contribution in [0.5, 0.6) is 5.75 Å². The van der Waals surface area contributed by atoms with E-state index in [1.165, 1.54) is 12.1 Å². The molecule has 0 spiro atoms. The minimum atomic E-state index is -0.500. The summed E-state index contributed by atoms with van der Waals surface area (Å²) in [5, 5.41) is 20.3. The van der Waals surface area contributed by atoms with Crippen molar-refractivity contribution in [2.45, 2.75) is 6.54 Å². The SMILES string of the molecule is O=C(NCc1cccc(-n2cccn2)c1)c1noc(-c2cc(Cl)c(O)c(Cl)c2)n1. The van der Waals surface area contributed by atoms with E-state index in [4.69, 9.17) is 27.7 Å². The molecule has 0 aliphatic carbocycles. The molecule has 0 radical (unpaired) electrons. The van der Waals surface area contributed by atoms with E-state index in [9.17, 15) is 9.90 Å². The number of hydrogen-bond acceptors (Lipinski definition) is 6. The Morgan fingerprint density at radius 3 is 2.69 bits per heavy atom. The van der Waals surface area contributed by atoms with Crippen LogP contribution in [-0.4, -0.2) is 30.9 Å². The fraction of sp³-hybridized carbons (Fsp3) is 0.0526. The van der Waals surface area contributed by atoms with Gasteiger partial charge in [-0.2, -0.15) is 10.1 Å². The van der Waals surface area contributed by atoms with Gasteiger partial charge in [-0.3, -0.25) is 4.79 Å². The van der Waals surface area contributed by atoms with Crippen molar-refractivity contribution in [2.24, 2.45) is 0 Å². The number of amides is 1. The summed E-state index contributed by atoms with van der Waals surface area (Å²) < 4.78 is 6.84. The van der Waals surface area contributed by atoms with Crippen LogP contribution in [-0.2, 0) is 6.54 Å². The molecule has 2 N–H and O–H groups in total. The van der Waals surface area contributed by atoms with Gasteiger partial charge in [0.05, 0.1) is 15.7 Å². The maximum Gasteiger partial charge on any atom is 0.292 e. The van der Waals surface area contributed by atoms with E-state index in [1.54, 1.807) is 10.9 Å². The minimum Gasteiger partial charge on any atom is -0.505 e. The Labute approximate surface area is 174 Å². The third-order valence-corrected chi connectivity index (χ3v) is 4.60. The Kier molecular flexibility index (Phi) is 5.20. The number of phenolic OH excluding ortho intramolecular Hbond substituents is 1. The first-order valence-corrected chi connectivity index (χ1v) is 9.16. The van der Waals surface area contributed by atoms with Crippen molar-refractivity contribution in [1.82, 2.24) is 25.2 Å². The van der Waals surface area contributed by atoms with Gasteiger partial charge < -0.3 is 14.9 Å². The predicted octanol–water partition coefficient (Wildman–Crippen LogP) is 3.86. The Bertz CT molecular complexity index is 1150. The lowest BCUT2D eigenvalue weighted by Crippen LogP contribution is -2.24. The number of carbonyl (C=O) groups is 1. The van der Waals surface area contributed by atoms with Gasteiger partial charge in [0.2, 0.25) is 0 Å². The van der Waals surface area contributed by atoms with Crippen LogP contribution in [0, 0.1) is 0 Å². The highest BCUT2D eigenvalue weighted by molar-refractivity contribution is 6.37. The topological polar surface area (TPSA) is 106 Å². The molecule has 1 amide bonds. The molecular weight excluding hydrogens is 417 g/mol. The molecule has 2 aromatic heterocycles. The molecule has 0 atom stereocenters. The summed E-state index contributed by atoms with van der Waals surface area (Å²) in [5.74, 6) is -0.824. The Hall–Kier alpha value is -3.36. The van der Waals surface area contributed by atoms with Gasteiger partial charge in [0, 0.05) is 24.5 Å². The van der Waals surface area contributed by atoms with E-state index >= 15 is 0 Å². The van der Waals surface area contributed by atoms with E-state index in [0.717, 1.165) is 11.3 Å². The number of carbonyl (C=O) groups excluding carboxylic acids is 1. The van der Waals surface area contributed by atoms with Crippen LogP contribution in [0.4, 0.5) is 0 Å². The normalized spacial score (nSPS) is 10.8. The zero-order valence-corrected chi connectivity index (χ0v) is 16.2. The maximum atomic E-state index is 12.4. The Morgan fingerprint density at radius 2 is 1.97 bits per heavy atom. The fourth-order valence-electron chi connectivity index (χ4n) is 2.61. The predicted molar refractivity (Wildman–Crippen MR) is 106 cm³/mol. The van der Waals surface area contributed by atoms with Crippen LogP contribution >= 0.6 is 23.2 Å². The molecule has 8 nitrogen and oxygen atoms in total. The number of nitrogens with one attached hydrogen (secondary N) is 1. The molecule has 0 aliphatic rings. The standard InChI is InChI=1S/C19H13Cl2N5O3/c20-14-8-12(9-15(21)16(14)27)19-24-17(25-29-19)18(28)22-10-11-3-1-4-13(7-11)26-6-2-5-23-26/h1-9,27H,10H2,(H,22,28). The smallest absolute Gasteiger partial charge is 0.292 e. The van der Waals surface area contributed by atoms with Crippen LogP contribution in [0.25, 0.3) is 17.1 Å². The first-order valence-electron chi connectivity index (χ1n) is 8.40. The number of phenols is 1. The lowest BCUT2D eigenvalue weighted by molar-refractivity contribution is 0.0937. The summed E-state index contributed by atoms with van der Waals surface area (Å²) in [6, 6.07) is 12.2. The van der Waals surface area contributed by atoms with Gasteiger partial charge in [0.15, 0.2) is 5.75 Å². The number of aromatic nitrogens is 4. The van der Waals surface area contributed by atoms with Gasteiger partial charge in [0.1, 0.15) is 0 Å². The summed E-state index contributed by atoms with van der Waals surface area (Å²) in [6.07, 6.45) is 3.52. The molecule has 0 saturated heterocycles. The van der Waals surface area contributed by atoms with Gasteiger partial charge in [0.25, 0.3) is 17.6 Å². The highest BCUT2D eigenvalue weighted by Crippen LogP contribution is 2.35. The van der Waals surface area contributed by atoms with Gasteiger partial charge in [-0.1, -0.05) is 40.5 Å². The van der Waals surface area contributed by atoms with Crippen LogP contribution < -0.4 is 5.32 Å². The van der Waals surface area contributed by atoms with E-state index in [1.807, 2.05) is 36.5 Å². The molecule has 2 aromatic carbocycles. The Morgan fingerprint density at radius 1 is 1.17 bits per heavy atom. The van der Waals surface area contributed by atoms with Crippen LogP contribution in [0.1, 0.15) is 16.2 Å². The lowest BCUT2D eigenvalue weighted by Gasteiger charge is -2.06. The largest absolute Gasteiger partial charge is 0.505 e. The van der Waals surface area contributed by atoms with Gasteiger partial charge in [-0.15, -0.1) is 0 Å². The zero-order valence-electron chi connectivity index (χ0n) is 14.7. The number of nitrogens with zero attached hydrogens (tertiary/aromatic N) is 4. The number of hydrogen-bond donors (Lipinski definition) is 2. The molecule has 4 rings (SSSR count). The van der Waals surface area contributed by atoms with E-state index in [-0.39, 0.29) is 34.1 Å². The second kappa shape index (κ2) is 7.94. The van der Waals surface area contributed by atoms with Crippen molar-refractivity contribution in [2.75, 3.05) is 0 Å². The molecule has 29 heavy (non-hydrogen) atoms. The molecule has 0 unspecified atom stereocenters. The van der Waals surface area contributed by atoms with Crippen molar-refractivity contribution in [1.29, 1.82) is 0 Å². The van der Waals surface area contributed by atoms with E-state index in [2.05, 4.69) is 20.6 Å². The maximum absolute atomic E-state index is 12.4. The van der Waals surface area contributed by atoms with Gasteiger partial charge >= 0.3 is 0 Å². The molecular formula is C19H13Cl2N5O3. The lowest BCUT2D eigenvalue weighted by atomic mass is 10.2. The molecule has 4 aromatic rings. The van der Waals surface area contributed by atoms with Crippen molar-refractivity contribution in [3.05, 3.63) is 76.3 Å². The molecule has 2 heterocycles. The second-order valence-electron chi connectivity index (χ2n) is 6.01. The average molecular weight is 430 g/mol. The van der Waals surface area contributed by atoms with Gasteiger partial charge in [-0.25, -0.2) is 4.68 Å². The third kappa shape index (κ3) is 4.08. The number of benzene rings is 2. The minimum absolute atomic E-state index is 0.0359. The number of aromatic hydroxyl groups is 1. The molecule has 10 heteroatoms. The summed E-state index contributed by atoms with van der Waals surface area (Å²) in [4.78, 5) is 16.4. The molecule has 146 valence electrons. The van der Waals surface area contributed by atoms with Crippen LogP contribution in [0.15, 0.2) is 59.4 Å². The first kappa shape index (κ1) is 19.0. The number of rotatable bonds is 5. The van der Waals surface area contributed by atoms with Crippen molar-refractivity contribution in [3.8, 4) is 22.9 Å². The average Bonchev–Trinajstić information content (AvgIpc) is 3.42. The summed E-state index contributed by atoms with van der Waals surface area (Å²) >= 11 is 11.8. The third-order valence-electron chi connectivity index (χ3n) is 4.03. The Balaban J connectivity index is 1.46. The van der Waals surface area contributed by atoms with Crippen molar-refractivity contribution in [3.63, 3.8) is 0 Å². The fourth-order valence-corrected chi connectivity index (χ4v) is 3.10. The molecule has 0 bridgehead atoms. The molecule has 0 fully saturated rings. The van der Waals surface area contributed by atoms with Crippen LogP contribution in [0.3, 0.4) is 0 Å². The highest BCUT2D eigenvalue weighted by Gasteiger charge is 2.17. The van der Waals surface area contributed by atoms with Crippen LogP contribution in [0.2, 0.25) is 10.0 Å². The number of halogens is 2. The van der Waals surface area contributed by atoms with Crippen molar-refractivity contribution < 1.29 is 14.4 Å². The highest BCUT2D eigenvalue weighted by atomic mass is 35.5. The zero-order chi connectivity index (χ0) is 20.4.